The fourth-order valence-corrected chi connectivity index (χ4v) is 5.41. The van der Waals surface area contributed by atoms with Crippen LogP contribution in [0.2, 0.25) is 5.02 Å². The lowest BCUT2D eigenvalue weighted by atomic mass is 10.1. The average molecular weight is 593 g/mol. The van der Waals surface area contributed by atoms with Gasteiger partial charge in [0.2, 0.25) is 10.0 Å². The number of carbonyl (C=O) groups excluding carboxylic acids is 2. The summed E-state index contributed by atoms with van der Waals surface area (Å²) in [6, 6.07) is 25.6. The Labute approximate surface area is 243 Å². The Morgan fingerprint density at radius 2 is 1.61 bits per heavy atom. The fourth-order valence-electron chi connectivity index (χ4n) is 3.89. The summed E-state index contributed by atoms with van der Waals surface area (Å²) in [4.78, 5) is 24.5. The van der Waals surface area contributed by atoms with E-state index >= 15 is 0 Å². The monoisotopic (exact) mass is 592 g/mol. The third kappa shape index (κ3) is 8.14. The molecule has 11 heteroatoms. The Morgan fingerprint density at radius 1 is 0.927 bits per heavy atom. The first-order valence-corrected chi connectivity index (χ1v) is 14.5. The molecule has 0 saturated carbocycles. The third-order valence-corrected chi connectivity index (χ3v) is 8.21. The van der Waals surface area contributed by atoms with Crippen molar-refractivity contribution in [1.82, 2.24) is 15.0 Å². The number of benzene rings is 3. The predicted octanol–water partition coefficient (Wildman–Crippen LogP) is 4.96. The molecule has 212 valence electrons. The zero-order valence-electron chi connectivity index (χ0n) is 22.5. The van der Waals surface area contributed by atoms with Crippen molar-refractivity contribution in [3.63, 3.8) is 0 Å². The largest absolute Gasteiger partial charge is 0.459 e. The van der Waals surface area contributed by atoms with Gasteiger partial charge in [-0.25, -0.2) is 13.8 Å². The number of aryl methyl sites for hydroxylation is 1. The van der Waals surface area contributed by atoms with Crippen molar-refractivity contribution in [2.75, 3.05) is 0 Å². The molecule has 0 aliphatic carbocycles. The molecule has 0 fully saturated rings. The molecule has 0 radical (unpaired) electrons. The number of hydrogen-bond acceptors (Lipinski definition) is 6. The van der Waals surface area contributed by atoms with Crippen molar-refractivity contribution in [3.05, 3.63) is 124 Å². The molecule has 2 amide bonds. The Morgan fingerprint density at radius 3 is 2.29 bits per heavy atom. The first kappa shape index (κ1) is 29.7. The maximum absolute atomic E-state index is 13.5. The quantitative estimate of drug-likeness (QED) is 0.153. The van der Waals surface area contributed by atoms with Gasteiger partial charge in [0.1, 0.15) is 11.5 Å². The Kier molecular flexibility index (Phi) is 9.72. The van der Waals surface area contributed by atoms with Crippen LogP contribution in [0.3, 0.4) is 0 Å². The molecule has 0 unspecified atom stereocenters. The van der Waals surface area contributed by atoms with Gasteiger partial charge in [0.05, 0.1) is 23.7 Å². The highest BCUT2D eigenvalue weighted by molar-refractivity contribution is 7.89. The van der Waals surface area contributed by atoms with Crippen LogP contribution in [0, 0.1) is 6.92 Å². The van der Waals surface area contributed by atoms with E-state index in [9.17, 15) is 18.0 Å². The smallest absolute Gasteiger partial charge is 0.329 e. The molecule has 2 N–H and O–H groups in total. The van der Waals surface area contributed by atoms with Crippen LogP contribution < -0.4 is 10.7 Å². The number of hydrazone groups is 1. The van der Waals surface area contributed by atoms with Gasteiger partial charge in [-0.05, 0) is 61.4 Å². The van der Waals surface area contributed by atoms with Crippen LogP contribution in [0.4, 0.5) is 0 Å². The van der Waals surface area contributed by atoms with E-state index < -0.39 is 21.8 Å². The summed E-state index contributed by atoms with van der Waals surface area (Å²) in [5, 5.41) is 6.83. The van der Waals surface area contributed by atoms with Crippen LogP contribution in [0.5, 0.6) is 0 Å². The maximum atomic E-state index is 13.5. The number of nitrogens with one attached hydrogen (secondary N) is 2. The van der Waals surface area contributed by atoms with E-state index in [0.717, 1.165) is 16.7 Å². The van der Waals surface area contributed by atoms with Crippen LogP contribution >= 0.6 is 11.6 Å². The van der Waals surface area contributed by atoms with Gasteiger partial charge >= 0.3 is 11.8 Å². The van der Waals surface area contributed by atoms with E-state index in [1.165, 1.54) is 34.8 Å². The standard InChI is InChI=1S/C30H29ClN4O5S/c1-21-8-10-23(11-9-21)19-35(41(38,39)28-16-12-25(31)13-17-28)20-27-15-14-26(40-27)18-32-34-30(37)29(36)33-22(2)24-6-4-3-5-7-24/h3-18,22H,19-20H2,1-2H3,(H,33,36)(H,34,37)/b32-18+/t22-/m1/s1. The predicted molar refractivity (Wildman–Crippen MR) is 157 cm³/mol. The highest BCUT2D eigenvalue weighted by Crippen LogP contribution is 2.23. The lowest BCUT2D eigenvalue weighted by Crippen LogP contribution is -2.39. The van der Waals surface area contributed by atoms with Gasteiger partial charge < -0.3 is 9.73 Å². The molecule has 0 bridgehead atoms. The van der Waals surface area contributed by atoms with Gasteiger partial charge in [-0.3, -0.25) is 9.59 Å². The fraction of sp³-hybridized carbons (Fsp3) is 0.167. The normalized spacial score (nSPS) is 12.4. The third-order valence-electron chi connectivity index (χ3n) is 6.16. The summed E-state index contributed by atoms with van der Waals surface area (Å²) < 4.78 is 34.1. The Hall–Kier alpha value is -4.25. The summed E-state index contributed by atoms with van der Waals surface area (Å²) in [6.45, 7) is 3.78. The molecule has 1 aromatic heterocycles. The summed E-state index contributed by atoms with van der Waals surface area (Å²) in [6.07, 6.45) is 1.23. The molecule has 4 aromatic rings. The first-order valence-electron chi connectivity index (χ1n) is 12.7. The highest BCUT2D eigenvalue weighted by Gasteiger charge is 2.26. The lowest BCUT2D eigenvalue weighted by molar-refractivity contribution is -0.139. The summed E-state index contributed by atoms with van der Waals surface area (Å²) >= 11 is 5.96. The molecular formula is C30H29ClN4O5S. The van der Waals surface area contributed by atoms with Gasteiger partial charge in [0.25, 0.3) is 0 Å². The number of carbonyl (C=O) groups is 2. The SMILES string of the molecule is Cc1ccc(CN(Cc2ccc(/C=N/NC(=O)C(=O)N[C@H](C)c3ccccc3)o2)S(=O)(=O)c2ccc(Cl)cc2)cc1. The number of halogens is 1. The van der Waals surface area contributed by atoms with Crippen LogP contribution in [0.25, 0.3) is 0 Å². The minimum atomic E-state index is -3.90. The molecule has 3 aromatic carbocycles. The minimum Gasteiger partial charge on any atom is -0.459 e. The van der Waals surface area contributed by atoms with Gasteiger partial charge in [0.15, 0.2) is 0 Å². The number of rotatable bonds is 10. The van der Waals surface area contributed by atoms with Crippen LogP contribution in [-0.2, 0) is 32.7 Å². The van der Waals surface area contributed by atoms with Crippen molar-refractivity contribution < 1.29 is 22.4 Å². The second kappa shape index (κ2) is 13.4. The zero-order chi connectivity index (χ0) is 29.4. The summed E-state index contributed by atoms with van der Waals surface area (Å²) in [7, 11) is -3.90. The van der Waals surface area contributed by atoms with Crippen LogP contribution in [-0.4, -0.2) is 30.8 Å². The molecule has 0 aliphatic rings. The van der Waals surface area contributed by atoms with Gasteiger partial charge in [-0.2, -0.15) is 9.41 Å². The molecule has 0 spiro atoms. The zero-order valence-corrected chi connectivity index (χ0v) is 24.0. The van der Waals surface area contributed by atoms with Crippen molar-refractivity contribution in [2.24, 2.45) is 5.10 Å². The van der Waals surface area contributed by atoms with E-state index in [1.54, 1.807) is 19.1 Å². The molecule has 4 rings (SSSR count). The second-order valence-electron chi connectivity index (χ2n) is 9.32. The number of nitrogens with zero attached hydrogens (tertiary/aromatic N) is 2. The molecular weight excluding hydrogens is 564 g/mol. The topological polar surface area (TPSA) is 121 Å². The second-order valence-corrected chi connectivity index (χ2v) is 11.7. The Balaban J connectivity index is 1.42. The van der Waals surface area contributed by atoms with E-state index in [0.29, 0.717) is 10.8 Å². The maximum Gasteiger partial charge on any atom is 0.329 e. The van der Waals surface area contributed by atoms with Crippen molar-refractivity contribution in [2.45, 2.75) is 37.9 Å². The molecule has 1 heterocycles. The van der Waals surface area contributed by atoms with E-state index in [4.69, 9.17) is 16.0 Å². The lowest BCUT2D eigenvalue weighted by Gasteiger charge is -2.21. The Bertz CT molecular complexity index is 1620. The van der Waals surface area contributed by atoms with Crippen molar-refractivity contribution in [1.29, 1.82) is 0 Å². The number of amides is 2. The molecule has 0 aliphatic heterocycles. The molecule has 41 heavy (non-hydrogen) atoms. The van der Waals surface area contributed by atoms with Crippen molar-refractivity contribution in [3.8, 4) is 0 Å². The number of hydrogen-bond donors (Lipinski definition) is 2. The van der Waals surface area contributed by atoms with E-state index in [1.807, 2.05) is 61.5 Å². The van der Waals surface area contributed by atoms with E-state index in [2.05, 4.69) is 15.8 Å². The highest BCUT2D eigenvalue weighted by atomic mass is 35.5. The van der Waals surface area contributed by atoms with Gasteiger partial charge in [-0.15, -0.1) is 0 Å². The summed E-state index contributed by atoms with van der Waals surface area (Å²) in [5.41, 5.74) is 4.89. The molecule has 1 atom stereocenters. The number of furan rings is 1. The van der Waals surface area contributed by atoms with Crippen LogP contribution in [0.15, 0.2) is 105 Å². The molecule has 0 saturated heterocycles. The van der Waals surface area contributed by atoms with Gasteiger partial charge in [-0.1, -0.05) is 71.8 Å². The molecule has 9 nitrogen and oxygen atoms in total. The van der Waals surface area contributed by atoms with E-state index in [-0.39, 0.29) is 29.8 Å². The summed E-state index contributed by atoms with van der Waals surface area (Å²) in [5.74, 6) is -1.15. The number of sulfonamides is 1. The first-order chi connectivity index (χ1) is 19.6. The average Bonchev–Trinajstić information content (AvgIpc) is 3.41. The van der Waals surface area contributed by atoms with Gasteiger partial charge in [0, 0.05) is 11.6 Å². The minimum absolute atomic E-state index is 0.0567. The van der Waals surface area contributed by atoms with Crippen LogP contribution in [0.1, 0.15) is 41.2 Å². The van der Waals surface area contributed by atoms with Crippen molar-refractivity contribution >= 4 is 39.7 Å².